The third kappa shape index (κ3) is 2.98. The Morgan fingerprint density at radius 3 is 2.81 bits per heavy atom. The van der Waals surface area contributed by atoms with Crippen LogP contribution in [-0.2, 0) is 0 Å². The van der Waals surface area contributed by atoms with E-state index in [1.165, 1.54) is 24.8 Å². The summed E-state index contributed by atoms with van der Waals surface area (Å²) in [5.74, 6) is 0.872. The lowest BCUT2D eigenvalue weighted by atomic mass is 9.90. The molecule has 3 rings (SSSR count). The van der Waals surface area contributed by atoms with Gasteiger partial charge in [-0.05, 0) is 70.2 Å². The molecular weight excluding hydrogens is 260 g/mol. The maximum atomic E-state index is 12.9. The van der Waals surface area contributed by atoms with Gasteiger partial charge in [-0.1, -0.05) is 17.7 Å². The predicted molar refractivity (Wildman–Crippen MR) is 85.6 cm³/mol. The number of carbonyl (C=O) groups is 1. The summed E-state index contributed by atoms with van der Waals surface area (Å²) in [7, 11) is 0. The summed E-state index contributed by atoms with van der Waals surface area (Å²) in [6.45, 7) is 7.25. The second-order valence-electron chi connectivity index (χ2n) is 6.63. The van der Waals surface area contributed by atoms with Crippen LogP contribution in [0.3, 0.4) is 0 Å². The van der Waals surface area contributed by atoms with Crippen LogP contribution in [-0.4, -0.2) is 36.5 Å². The first-order valence-corrected chi connectivity index (χ1v) is 8.26. The van der Waals surface area contributed by atoms with Crippen molar-refractivity contribution in [3.63, 3.8) is 0 Å². The molecule has 3 nitrogen and oxygen atoms in total. The molecule has 0 aliphatic carbocycles. The molecule has 114 valence electrons. The van der Waals surface area contributed by atoms with Gasteiger partial charge in [0, 0.05) is 18.2 Å². The standard InChI is InChI=1S/C18H26N2O/c1-13-7-8-16(14(2)11-13)18(21)20-10-4-6-17(20)15-5-3-9-19-12-15/h7-8,11,15,17,19H,3-6,9-10,12H2,1-2H3. The van der Waals surface area contributed by atoms with Crippen LogP contribution in [0.5, 0.6) is 0 Å². The molecule has 2 aliphatic rings. The number of aryl methyl sites for hydroxylation is 2. The van der Waals surface area contributed by atoms with Crippen molar-refractivity contribution in [1.82, 2.24) is 10.2 Å². The number of likely N-dealkylation sites (tertiary alicyclic amines) is 1. The summed E-state index contributed by atoms with van der Waals surface area (Å²) in [4.78, 5) is 15.1. The van der Waals surface area contributed by atoms with Gasteiger partial charge in [0.2, 0.25) is 0 Å². The zero-order valence-electron chi connectivity index (χ0n) is 13.2. The highest BCUT2D eigenvalue weighted by molar-refractivity contribution is 5.96. The third-order valence-electron chi connectivity index (χ3n) is 5.05. The molecule has 0 radical (unpaired) electrons. The SMILES string of the molecule is Cc1ccc(C(=O)N2CCCC2C2CCCNC2)c(C)c1. The van der Waals surface area contributed by atoms with Crippen LogP contribution in [0.4, 0.5) is 0 Å². The van der Waals surface area contributed by atoms with Gasteiger partial charge in [0.05, 0.1) is 0 Å². The second kappa shape index (κ2) is 6.18. The highest BCUT2D eigenvalue weighted by Gasteiger charge is 2.35. The number of hydrogen-bond donors (Lipinski definition) is 1. The first-order valence-electron chi connectivity index (χ1n) is 8.26. The first kappa shape index (κ1) is 14.6. The average molecular weight is 286 g/mol. The van der Waals surface area contributed by atoms with Crippen molar-refractivity contribution in [2.24, 2.45) is 5.92 Å². The maximum absolute atomic E-state index is 12.9. The molecule has 3 heteroatoms. The summed E-state index contributed by atoms with van der Waals surface area (Å²) < 4.78 is 0. The molecule has 1 aromatic carbocycles. The lowest BCUT2D eigenvalue weighted by Gasteiger charge is -2.34. The van der Waals surface area contributed by atoms with Gasteiger partial charge < -0.3 is 10.2 Å². The molecule has 2 unspecified atom stereocenters. The van der Waals surface area contributed by atoms with E-state index < -0.39 is 0 Å². The fourth-order valence-electron chi connectivity index (χ4n) is 3.95. The molecule has 0 aromatic heterocycles. The van der Waals surface area contributed by atoms with Crippen LogP contribution in [0.15, 0.2) is 18.2 Å². The smallest absolute Gasteiger partial charge is 0.254 e. The molecule has 1 aromatic rings. The first-order chi connectivity index (χ1) is 10.2. The number of amides is 1. The quantitative estimate of drug-likeness (QED) is 0.906. The minimum absolute atomic E-state index is 0.237. The Morgan fingerprint density at radius 2 is 2.10 bits per heavy atom. The number of nitrogens with one attached hydrogen (secondary N) is 1. The molecule has 2 fully saturated rings. The topological polar surface area (TPSA) is 32.3 Å². The molecule has 2 heterocycles. The Morgan fingerprint density at radius 1 is 1.24 bits per heavy atom. The Labute approximate surface area is 127 Å². The molecule has 0 saturated carbocycles. The van der Waals surface area contributed by atoms with Gasteiger partial charge in [-0.25, -0.2) is 0 Å². The fraction of sp³-hybridized carbons (Fsp3) is 0.611. The second-order valence-corrected chi connectivity index (χ2v) is 6.63. The highest BCUT2D eigenvalue weighted by Crippen LogP contribution is 2.30. The van der Waals surface area contributed by atoms with Crippen LogP contribution < -0.4 is 5.32 Å². The van der Waals surface area contributed by atoms with E-state index in [1.54, 1.807) is 0 Å². The van der Waals surface area contributed by atoms with E-state index >= 15 is 0 Å². The van der Waals surface area contributed by atoms with Gasteiger partial charge in [-0.2, -0.15) is 0 Å². The van der Waals surface area contributed by atoms with Gasteiger partial charge in [0.25, 0.3) is 5.91 Å². The molecule has 21 heavy (non-hydrogen) atoms. The lowest BCUT2D eigenvalue weighted by Crippen LogP contribution is -2.45. The van der Waals surface area contributed by atoms with Crippen molar-refractivity contribution in [2.45, 2.75) is 45.6 Å². The molecule has 2 atom stereocenters. The summed E-state index contributed by atoms with van der Waals surface area (Å²) in [6, 6.07) is 6.60. The largest absolute Gasteiger partial charge is 0.335 e. The van der Waals surface area contributed by atoms with Crippen LogP contribution >= 0.6 is 0 Å². The van der Waals surface area contributed by atoms with Crippen LogP contribution in [0.1, 0.15) is 47.2 Å². The average Bonchev–Trinajstić information content (AvgIpc) is 2.97. The number of hydrogen-bond acceptors (Lipinski definition) is 2. The zero-order valence-corrected chi connectivity index (χ0v) is 13.2. The normalized spacial score (nSPS) is 26.1. The molecule has 0 spiro atoms. The third-order valence-corrected chi connectivity index (χ3v) is 5.05. The van der Waals surface area contributed by atoms with E-state index in [0.717, 1.165) is 37.2 Å². The minimum atomic E-state index is 0.237. The van der Waals surface area contributed by atoms with E-state index in [9.17, 15) is 4.79 Å². The van der Waals surface area contributed by atoms with Crippen LogP contribution in [0, 0.1) is 19.8 Å². The Hall–Kier alpha value is -1.35. The molecule has 1 amide bonds. The summed E-state index contributed by atoms with van der Waals surface area (Å²) in [5.41, 5.74) is 3.21. The van der Waals surface area contributed by atoms with Gasteiger partial charge in [0.1, 0.15) is 0 Å². The summed E-state index contributed by atoms with van der Waals surface area (Å²) >= 11 is 0. The zero-order chi connectivity index (χ0) is 14.8. The summed E-state index contributed by atoms with van der Waals surface area (Å²) in [5, 5.41) is 3.49. The highest BCUT2D eigenvalue weighted by atomic mass is 16.2. The molecule has 0 bridgehead atoms. The van der Waals surface area contributed by atoms with Gasteiger partial charge in [0.15, 0.2) is 0 Å². The van der Waals surface area contributed by atoms with Gasteiger partial charge >= 0.3 is 0 Å². The van der Waals surface area contributed by atoms with Gasteiger partial charge in [-0.15, -0.1) is 0 Å². The van der Waals surface area contributed by atoms with E-state index in [1.807, 2.05) is 19.1 Å². The van der Waals surface area contributed by atoms with Crippen molar-refractivity contribution in [2.75, 3.05) is 19.6 Å². The molecular formula is C18H26N2O. The number of piperidine rings is 1. The van der Waals surface area contributed by atoms with Crippen molar-refractivity contribution in [3.05, 3.63) is 34.9 Å². The van der Waals surface area contributed by atoms with Crippen LogP contribution in [0.2, 0.25) is 0 Å². The van der Waals surface area contributed by atoms with E-state index in [4.69, 9.17) is 0 Å². The Kier molecular flexibility index (Phi) is 4.29. The number of nitrogens with zero attached hydrogens (tertiary/aromatic N) is 1. The van der Waals surface area contributed by atoms with Crippen LogP contribution in [0.25, 0.3) is 0 Å². The Balaban J connectivity index is 1.79. The van der Waals surface area contributed by atoms with Crippen molar-refractivity contribution in [1.29, 1.82) is 0 Å². The van der Waals surface area contributed by atoms with Crippen molar-refractivity contribution < 1.29 is 4.79 Å². The minimum Gasteiger partial charge on any atom is -0.335 e. The predicted octanol–water partition coefficient (Wildman–Crippen LogP) is 2.91. The summed E-state index contributed by atoms with van der Waals surface area (Å²) in [6.07, 6.45) is 4.82. The monoisotopic (exact) mass is 286 g/mol. The van der Waals surface area contributed by atoms with E-state index in [0.29, 0.717) is 12.0 Å². The number of carbonyl (C=O) groups excluding carboxylic acids is 1. The Bertz CT molecular complexity index is 520. The number of rotatable bonds is 2. The van der Waals surface area contributed by atoms with Crippen molar-refractivity contribution in [3.8, 4) is 0 Å². The van der Waals surface area contributed by atoms with Crippen molar-refractivity contribution >= 4 is 5.91 Å². The van der Waals surface area contributed by atoms with E-state index in [-0.39, 0.29) is 5.91 Å². The molecule has 2 saturated heterocycles. The molecule has 1 N–H and O–H groups in total. The van der Waals surface area contributed by atoms with E-state index in [2.05, 4.69) is 23.2 Å². The fourth-order valence-corrected chi connectivity index (χ4v) is 3.95. The molecule has 2 aliphatic heterocycles. The maximum Gasteiger partial charge on any atom is 0.254 e. The van der Waals surface area contributed by atoms with Gasteiger partial charge in [-0.3, -0.25) is 4.79 Å². The lowest BCUT2D eigenvalue weighted by molar-refractivity contribution is 0.0670. The number of benzene rings is 1.